The largest absolute Gasteiger partial charge is 0.207 e. The Morgan fingerprint density at radius 2 is 2.00 bits per heavy atom. The summed E-state index contributed by atoms with van der Waals surface area (Å²) in [6.45, 7) is 0. The van der Waals surface area contributed by atoms with Crippen molar-refractivity contribution in [3.8, 4) is 0 Å². The van der Waals surface area contributed by atoms with Crippen LogP contribution < -0.4 is 0 Å². The highest BCUT2D eigenvalue weighted by Crippen LogP contribution is 2.52. The summed E-state index contributed by atoms with van der Waals surface area (Å²) in [6.07, 6.45) is 0.836. The minimum Gasteiger partial charge on any atom is -0.207 e. The zero-order chi connectivity index (χ0) is 7.84. The summed E-state index contributed by atoms with van der Waals surface area (Å²) in [6, 6.07) is 6.78. The highest BCUT2D eigenvalue weighted by atomic mass is 35.5. The molecule has 57 valence electrons. The molecule has 1 unspecified atom stereocenters. The Bertz CT molecular complexity index is 272. The minimum absolute atomic E-state index is 0.145. The Hall–Kier alpha value is -0.560. The summed E-state index contributed by atoms with van der Waals surface area (Å²) in [5, 5.41) is 0.870. The topological polar surface area (TPSA) is 0 Å². The molecule has 0 N–H and O–H groups in total. The first-order valence-electron chi connectivity index (χ1n) is 3.54. The normalized spacial score (nSPS) is 23.6. The molecule has 1 saturated carbocycles. The predicted molar refractivity (Wildman–Crippen MR) is 42.9 cm³/mol. The SMILES string of the molecule is Fc1ccccc1C1C[C]1Cl. The fourth-order valence-corrected chi connectivity index (χ4v) is 1.44. The maximum Gasteiger partial charge on any atom is 0.126 e. The van der Waals surface area contributed by atoms with Gasteiger partial charge in [0.2, 0.25) is 0 Å². The number of benzene rings is 1. The third-order valence-corrected chi connectivity index (χ3v) is 2.32. The predicted octanol–water partition coefficient (Wildman–Crippen LogP) is 3.08. The van der Waals surface area contributed by atoms with Crippen molar-refractivity contribution in [3.63, 3.8) is 0 Å². The van der Waals surface area contributed by atoms with E-state index >= 15 is 0 Å². The molecule has 1 fully saturated rings. The van der Waals surface area contributed by atoms with Crippen molar-refractivity contribution in [2.75, 3.05) is 0 Å². The van der Waals surface area contributed by atoms with Gasteiger partial charge in [-0.15, -0.1) is 11.6 Å². The van der Waals surface area contributed by atoms with E-state index < -0.39 is 0 Å². The molecule has 0 nitrogen and oxygen atoms in total. The van der Waals surface area contributed by atoms with Crippen LogP contribution in [0, 0.1) is 11.2 Å². The second kappa shape index (κ2) is 2.49. The van der Waals surface area contributed by atoms with Crippen molar-refractivity contribution >= 4 is 11.6 Å². The van der Waals surface area contributed by atoms with Crippen LogP contribution in [0.15, 0.2) is 24.3 Å². The van der Waals surface area contributed by atoms with E-state index in [1.54, 1.807) is 12.1 Å². The quantitative estimate of drug-likeness (QED) is 0.606. The van der Waals surface area contributed by atoms with E-state index in [0.717, 1.165) is 17.4 Å². The smallest absolute Gasteiger partial charge is 0.126 e. The van der Waals surface area contributed by atoms with Crippen LogP contribution in [0.3, 0.4) is 0 Å². The number of hydrogen-bond acceptors (Lipinski definition) is 0. The van der Waals surface area contributed by atoms with Crippen LogP contribution in [-0.4, -0.2) is 0 Å². The van der Waals surface area contributed by atoms with Crippen molar-refractivity contribution < 1.29 is 4.39 Å². The fraction of sp³-hybridized carbons (Fsp3) is 0.222. The Balaban J connectivity index is 2.31. The summed E-state index contributed by atoms with van der Waals surface area (Å²) in [4.78, 5) is 0. The van der Waals surface area contributed by atoms with Crippen molar-refractivity contribution in [2.24, 2.45) is 0 Å². The number of rotatable bonds is 1. The zero-order valence-corrected chi connectivity index (χ0v) is 6.61. The van der Waals surface area contributed by atoms with Gasteiger partial charge in [-0.25, -0.2) is 4.39 Å². The molecule has 1 aliphatic rings. The van der Waals surface area contributed by atoms with E-state index in [-0.39, 0.29) is 11.7 Å². The average Bonchev–Trinajstić information content (AvgIpc) is 2.68. The third kappa shape index (κ3) is 1.25. The molecule has 2 heteroatoms. The number of halogens is 2. The Kier molecular flexibility index (Phi) is 1.61. The van der Waals surface area contributed by atoms with Crippen molar-refractivity contribution in [1.29, 1.82) is 0 Å². The molecule has 0 spiro atoms. The number of hydrogen-bond donors (Lipinski definition) is 0. The van der Waals surface area contributed by atoms with Crippen LogP contribution in [0.1, 0.15) is 17.9 Å². The van der Waals surface area contributed by atoms with Gasteiger partial charge in [0.05, 0.1) is 5.38 Å². The van der Waals surface area contributed by atoms with Gasteiger partial charge in [-0.1, -0.05) is 18.2 Å². The lowest BCUT2D eigenvalue weighted by Gasteiger charge is -1.97. The maximum absolute atomic E-state index is 13.0. The summed E-state index contributed by atoms with van der Waals surface area (Å²) in [5.41, 5.74) is 0.734. The molecule has 0 aliphatic heterocycles. The summed E-state index contributed by atoms with van der Waals surface area (Å²) >= 11 is 5.71. The molecule has 0 saturated heterocycles. The average molecular weight is 170 g/mol. The van der Waals surface area contributed by atoms with E-state index in [9.17, 15) is 4.39 Å². The first-order chi connectivity index (χ1) is 5.29. The molecule has 0 aromatic heterocycles. The molecule has 1 radical (unpaired) electrons. The van der Waals surface area contributed by atoms with Gasteiger partial charge >= 0.3 is 0 Å². The van der Waals surface area contributed by atoms with Crippen LogP contribution in [-0.2, 0) is 0 Å². The lowest BCUT2D eigenvalue weighted by Crippen LogP contribution is -1.85. The van der Waals surface area contributed by atoms with Crippen molar-refractivity contribution in [2.45, 2.75) is 12.3 Å². The van der Waals surface area contributed by atoms with E-state index in [0.29, 0.717) is 0 Å². The molecule has 1 aromatic rings. The van der Waals surface area contributed by atoms with Gasteiger partial charge in [-0.2, -0.15) is 0 Å². The molecule has 0 amide bonds. The van der Waals surface area contributed by atoms with Gasteiger partial charge in [0, 0.05) is 5.92 Å². The molecule has 2 rings (SSSR count). The van der Waals surface area contributed by atoms with Crippen LogP contribution >= 0.6 is 11.6 Å². The zero-order valence-electron chi connectivity index (χ0n) is 5.85. The third-order valence-electron chi connectivity index (χ3n) is 1.90. The van der Waals surface area contributed by atoms with Crippen molar-refractivity contribution in [3.05, 3.63) is 41.0 Å². The first kappa shape index (κ1) is 7.11. The standard InChI is InChI=1S/C9H7ClF/c10-8-5-7(8)6-3-1-2-4-9(6)11/h1-4,7H,5H2. The van der Waals surface area contributed by atoms with E-state index in [1.807, 2.05) is 6.07 Å². The van der Waals surface area contributed by atoms with Crippen molar-refractivity contribution in [1.82, 2.24) is 0 Å². The molecular formula is C9H7ClF. The van der Waals surface area contributed by atoms with Gasteiger partial charge in [-0.3, -0.25) is 0 Å². The molecule has 0 bridgehead atoms. The fourth-order valence-electron chi connectivity index (χ4n) is 1.17. The molecule has 1 atom stereocenters. The van der Waals surface area contributed by atoms with Gasteiger partial charge in [0.25, 0.3) is 0 Å². The highest BCUT2D eigenvalue weighted by molar-refractivity contribution is 6.30. The van der Waals surface area contributed by atoms with Gasteiger partial charge < -0.3 is 0 Å². The van der Waals surface area contributed by atoms with E-state index in [1.165, 1.54) is 6.07 Å². The van der Waals surface area contributed by atoms with Gasteiger partial charge in [0.1, 0.15) is 5.82 Å². The molecule has 1 aliphatic carbocycles. The van der Waals surface area contributed by atoms with Crippen LogP contribution in [0.5, 0.6) is 0 Å². The second-order valence-corrected chi connectivity index (χ2v) is 3.21. The molecule has 1 aromatic carbocycles. The lowest BCUT2D eigenvalue weighted by molar-refractivity contribution is 0.612. The van der Waals surface area contributed by atoms with Gasteiger partial charge in [0.15, 0.2) is 0 Å². The van der Waals surface area contributed by atoms with E-state index in [2.05, 4.69) is 0 Å². The Morgan fingerprint density at radius 1 is 1.36 bits per heavy atom. The first-order valence-corrected chi connectivity index (χ1v) is 3.92. The van der Waals surface area contributed by atoms with Crippen LogP contribution in [0.4, 0.5) is 4.39 Å². The Morgan fingerprint density at radius 3 is 2.55 bits per heavy atom. The molecule has 0 heterocycles. The Labute approximate surface area is 70.0 Å². The van der Waals surface area contributed by atoms with Crippen LogP contribution in [0.25, 0.3) is 0 Å². The summed E-state index contributed by atoms with van der Waals surface area (Å²) < 4.78 is 13.0. The van der Waals surface area contributed by atoms with E-state index in [4.69, 9.17) is 11.6 Å². The molecule has 11 heavy (non-hydrogen) atoms. The monoisotopic (exact) mass is 169 g/mol. The minimum atomic E-state index is -0.145. The molecular weight excluding hydrogens is 163 g/mol. The lowest BCUT2D eigenvalue weighted by atomic mass is 10.1. The maximum atomic E-state index is 13.0. The summed E-state index contributed by atoms with van der Waals surface area (Å²) in [5.74, 6) is 0.0333. The highest BCUT2D eigenvalue weighted by Gasteiger charge is 2.39. The second-order valence-electron chi connectivity index (χ2n) is 2.73. The van der Waals surface area contributed by atoms with Crippen LogP contribution in [0.2, 0.25) is 0 Å². The summed E-state index contributed by atoms with van der Waals surface area (Å²) in [7, 11) is 0. The van der Waals surface area contributed by atoms with Gasteiger partial charge in [-0.05, 0) is 18.1 Å².